The summed E-state index contributed by atoms with van der Waals surface area (Å²) in [6, 6.07) is 4.49. The van der Waals surface area contributed by atoms with E-state index in [1.165, 1.54) is 12.1 Å². The number of non-ortho nitro benzene ring substituents is 1. The lowest BCUT2D eigenvalue weighted by Gasteiger charge is -2.06. The van der Waals surface area contributed by atoms with Crippen LogP contribution in [0.25, 0.3) is 0 Å². The Bertz CT molecular complexity index is 451. The van der Waals surface area contributed by atoms with E-state index in [1.54, 1.807) is 13.0 Å². The van der Waals surface area contributed by atoms with E-state index in [9.17, 15) is 14.9 Å². The fourth-order valence-corrected chi connectivity index (χ4v) is 1.71. The molecule has 0 unspecified atom stereocenters. The number of nitrogens with zero attached hydrogens (tertiary/aromatic N) is 1. The Hall–Kier alpha value is -1.47. The van der Waals surface area contributed by atoms with Gasteiger partial charge < -0.3 is 10.1 Å². The van der Waals surface area contributed by atoms with Crippen LogP contribution in [0.5, 0.6) is 0 Å². The van der Waals surface area contributed by atoms with Crippen LogP contribution in [-0.2, 0) is 16.1 Å². The molecule has 1 rings (SSSR count). The molecule has 7 heteroatoms. The number of nitro groups is 1. The topological polar surface area (TPSA) is 81.5 Å². The number of rotatable bonds is 6. The molecule has 0 bridgehead atoms. The van der Waals surface area contributed by atoms with Crippen molar-refractivity contribution in [3.8, 4) is 0 Å². The molecule has 0 saturated carbocycles. The van der Waals surface area contributed by atoms with Gasteiger partial charge in [-0.1, -0.05) is 15.9 Å². The molecular formula is C11H13BrN2O4. The Balaban J connectivity index is 2.58. The Labute approximate surface area is 113 Å². The van der Waals surface area contributed by atoms with Crippen LogP contribution in [0.15, 0.2) is 22.7 Å². The van der Waals surface area contributed by atoms with Crippen molar-refractivity contribution in [3.05, 3.63) is 38.3 Å². The summed E-state index contributed by atoms with van der Waals surface area (Å²) in [4.78, 5) is 21.3. The summed E-state index contributed by atoms with van der Waals surface area (Å²) in [7, 11) is 0. The van der Waals surface area contributed by atoms with Crippen molar-refractivity contribution in [2.24, 2.45) is 0 Å². The summed E-state index contributed by atoms with van der Waals surface area (Å²) in [5, 5.41) is 13.5. The van der Waals surface area contributed by atoms with Crippen LogP contribution in [0.4, 0.5) is 5.69 Å². The highest BCUT2D eigenvalue weighted by Gasteiger charge is 2.09. The summed E-state index contributed by atoms with van der Waals surface area (Å²) in [5.74, 6) is -0.348. The number of hydrogen-bond donors (Lipinski definition) is 1. The number of halogens is 1. The average molecular weight is 317 g/mol. The lowest BCUT2D eigenvalue weighted by molar-refractivity contribution is -0.384. The molecular weight excluding hydrogens is 304 g/mol. The molecule has 0 spiro atoms. The average Bonchev–Trinajstić information content (AvgIpc) is 2.31. The largest absolute Gasteiger partial charge is 0.465 e. The molecule has 1 N–H and O–H groups in total. The number of hydrogen-bond acceptors (Lipinski definition) is 5. The Morgan fingerprint density at radius 1 is 1.56 bits per heavy atom. The highest BCUT2D eigenvalue weighted by molar-refractivity contribution is 9.10. The SMILES string of the molecule is CCOC(=O)CNCc1cc([N+](=O)[O-])ccc1Br. The molecule has 0 aliphatic rings. The zero-order valence-electron chi connectivity index (χ0n) is 9.81. The second kappa shape index (κ2) is 7.07. The molecule has 0 heterocycles. The van der Waals surface area contributed by atoms with Gasteiger partial charge in [-0.05, 0) is 18.6 Å². The first-order valence-electron chi connectivity index (χ1n) is 5.33. The third kappa shape index (κ3) is 4.42. The van der Waals surface area contributed by atoms with Crippen molar-refractivity contribution in [2.45, 2.75) is 13.5 Å². The standard InChI is InChI=1S/C11H13BrN2O4/c1-2-18-11(15)7-13-6-8-5-9(14(16)17)3-4-10(8)12/h3-5,13H,2,6-7H2,1H3. The van der Waals surface area contributed by atoms with Crippen molar-refractivity contribution < 1.29 is 14.5 Å². The van der Waals surface area contributed by atoms with Crippen molar-refractivity contribution in [3.63, 3.8) is 0 Å². The fourth-order valence-electron chi connectivity index (χ4n) is 1.32. The molecule has 0 fully saturated rings. The van der Waals surface area contributed by atoms with Gasteiger partial charge in [0.2, 0.25) is 0 Å². The number of carbonyl (C=O) groups excluding carboxylic acids is 1. The Morgan fingerprint density at radius 3 is 2.89 bits per heavy atom. The van der Waals surface area contributed by atoms with Gasteiger partial charge in [-0.25, -0.2) is 0 Å². The molecule has 0 amide bonds. The first-order chi connectivity index (χ1) is 8.54. The van der Waals surface area contributed by atoms with E-state index < -0.39 is 4.92 Å². The Morgan fingerprint density at radius 2 is 2.28 bits per heavy atom. The van der Waals surface area contributed by atoms with Gasteiger partial charge in [0.15, 0.2) is 0 Å². The number of benzene rings is 1. The molecule has 0 atom stereocenters. The van der Waals surface area contributed by atoms with Gasteiger partial charge in [-0.15, -0.1) is 0 Å². The molecule has 0 aromatic heterocycles. The maximum Gasteiger partial charge on any atom is 0.319 e. The number of ether oxygens (including phenoxy) is 1. The fraction of sp³-hybridized carbons (Fsp3) is 0.364. The maximum atomic E-state index is 11.1. The third-order valence-electron chi connectivity index (χ3n) is 2.13. The predicted molar refractivity (Wildman–Crippen MR) is 69.1 cm³/mol. The zero-order chi connectivity index (χ0) is 13.5. The van der Waals surface area contributed by atoms with Gasteiger partial charge in [0, 0.05) is 23.2 Å². The molecule has 1 aromatic rings. The van der Waals surface area contributed by atoms with Crippen LogP contribution >= 0.6 is 15.9 Å². The van der Waals surface area contributed by atoms with Gasteiger partial charge in [-0.3, -0.25) is 14.9 Å². The number of nitro benzene ring substituents is 1. The molecule has 0 radical (unpaired) electrons. The lowest BCUT2D eigenvalue weighted by atomic mass is 10.2. The second-order valence-corrected chi connectivity index (χ2v) is 4.30. The lowest BCUT2D eigenvalue weighted by Crippen LogP contribution is -2.24. The van der Waals surface area contributed by atoms with Crippen LogP contribution in [0.2, 0.25) is 0 Å². The van der Waals surface area contributed by atoms with E-state index in [0.717, 1.165) is 4.47 Å². The van der Waals surface area contributed by atoms with E-state index in [0.29, 0.717) is 18.7 Å². The first kappa shape index (κ1) is 14.6. The Kier molecular flexibility index (Phi) is 5.73. The van der Waals surface area contributed by atoms with Crippen molar-refractivity contribution >= 4 is 27.6 Å². The van der Waals surface area contributed by atoms with Gasteiger partial charge >= 0.3 is 5.97 Å². The van der Waals surface area contributed by atoms with E-state index in [1.807, 2.05) is 0 Å². The van der Waals surface area contributed by atoms with Crippen LogP contribution in [-0.4, -0.2) is 24.0 Å². The summed E-state index contributed by atoms with van der Waals surface area (Å²) in [6.07, 6.45) is 0. The van der Waals surface area contributed by atoms with Crippen molar-refractivity contribution in [2.75, 3.05) is 13.2 Å². The molecule has 18 heavy (non-hydrogen) atoms. The van der Waals surface area contributed by atoms with Gasteiger partial charge in [0.1, 0.15) is 0 Å². The number of carbonyl (C=O) groups is 1. The van der Waals surface area contributed by atoms with E-state index >= 15 is 0 Å². The number of nitrogens with one attached hydrogen (secondary N) is 1. The minimum atomic E-state index is -0.457. The van der Waals surface area contributed by atoms with Gasteiger partial charge in [0.05, 0.1) is 18.1 Å². The monoisotopic (exact) mass is 316 g/mol. The smallest absolute Gasteiger partial charge is 0.319 e. The molecule has 0 aliphatic heterocycles. The summed E-state index contributed by atoms with van der Waals surface area (Å²) >= 11 is 3.30. The second-order valence-electron chi connectivity index (χ2n) is 3.44. The van der Waals surface area contributed by atoms with E-state index in [-0.39, 0.29) is 18.2 Å². The van der Waals surface area contributed by atoms with Gasteiger partial charge in [0.25, 0.3) is 5.69 Å². The number of esters is 1. The summed E-state index contributed by atoms with van der Waals surface area (Å²) in [6.45, 7) is 2.49. The zero-order valence-corrected chi connectivity index (χ0v) is 11.4. The van der Waals surface area contributed by atoms with Crippen LogP contribution in [0.3, 0.4) is 0 Å². The third-order valence-corrected chi connectivity index (χ3v) is 2.90. The minimum absolute atomic E-state index is 0.0196. The van der Waals surface area contributed by atoms with Crippen LogP contribution < -0.4 is 5.32 Å². The van der Waals surface area contributed by atoms with E-state index in [4.69, 9.17) is 4.74 Å². The molecule has 98 valence electrons. The van der Waals surface area contributed by atoms with Crippen LogP contribution in [0, 0.1) is 10.1 Å². The molecule has 0 aliphatic carbocycles. The van der Waals surface area contributed by atoms with Gasteiger partial charge in [-0.2, -0.15) is 0 Å². The summed E-state index contributed by atoms with van der Waals surface area (Å²) in [5.41, 5.74) is 0.736. The quantitative estimate of drug-likeness (QED) is 0.493. The predicted octanol–water partition coefficient (Wildman–Crippen LogP) is 2.01. The summed E-state index contributed by atoms with van der Waals surface area (Å²) < 4.78 is 5.50. The molecule has 0 saturated heterocycles. The highest BCUT2D eigenvalue weighted by atomic mass is 79.9. The minimum Gasteiger partial charge on any atom is -0.465 e. The van der Waals surface area contributed by atoms with Crippen molar-refractivity contribution in [1.82, 2.24) is 5.32 Å². The molecule has 6 nitrogen and oxygen atoms in total. The van der Waals surface area contributed by atoms with E-state index in [2.05, 4.69) is 21.2 Å². The highest BCUT2D eigenvalue weighted by Crippen LogP contribution is 2.22. The normalized spacial score (nSPS) is 10.1. The van der Waals surface area contributed by atoms with Crippen molar-refractivity contribution in [1.29, 1.82) is 0 Å². The van der Waals surface area contributed by atoms with Crippen LogP contribution in [0.1, 0.15) is 12.5 Å². The maximum absolute atomic E-state index is 11.1. The molecule has 1 aromatic carbocycles. The first-order valence-corrected chi connectivity index (χ1v) is 6.13.